The summed E-state index contributed by atoms with van der Waals surface area (Å²) in [6.45, 7) is 1.69. The number of hydrogen-bond donors (Lipinski definition) is 2. The average Bonchev–Trinajstić information content (AvgIpc) is 3.21. The van der Waals surface area contributed by atoms with Crippen LogP contribution in [0.2, 0.25) is 0 Å². The monoisotopic (exact) mass is 354 g/mol. The summed E-state index contributed by atoms with van der Waals surface area (Å²) in [4.78, 5) is 34.8. The molecule has 1 saturated heterocycles. The van der Waals surface area contributed by atoms with E-state index in [9.17, 15) is 14.4 Å². The average molecular weight is 354 g/mol. The molecule has 3 rings (SSSR count). The second kappa shape index (κ2) is 7.26. The number of hydrogen-bond acceptors (Lipinski definition) is 5. The van der Waals surface area contributed by atoms with Gasteiger partial charge in [0.2, 0.25) is 0 Å². The van der Waals surface area contributed by atoms with Crippen LogP contribution in [0.5, 0.6) is 5.75 Å². The molecule has 1 aliphatic heterocycles. The van der Waals surface area contributed by atoms with E-state index in [0.717, 1.165) is 5.56 Å². The summed E-state index contributed by atoms with van der Waals surface area (Å²) in [6, 6.07) is 9.99. The first kappa shape index (κ1) is 17.5. The third-order valence-electron chi connectivity index (χ3n) is 4.10. The van der Waals surface area contributed by atoms with E-state index in [1.807, 2.05) is 12.1 Å². The van der Waals surface area contributed by atoms with Crippen LogP contribution in [-0.4, -0.2) is 23.4 Å². The van der Waals surface area contributed by atoms with Gasteiger partial charge >= 0.3 is 12.0 Å². The maximum atomic E-state index is 11.8. The summed E-state index contributed by atoms with van der Waals surface area (Å²) in [5.74, 6) is 0.151. The maximum absolute atomic E-state index is 11.8. The molecule has 3 amide bonds. The number of benzene rings is 1. The number of imide groups is 1. The number of furan rings is 1. The fraction of sp³-hybridized carbons (Fsp3) is 0.211. The normalized spacial score (nSPS) is 19.4. The molecule has 1 aliphatic rings. The Morgan fingerprint density at radius 2 is 2.00 bits per heavy atom. The number of amides is 3. The van der Waals surface area contributed by atoms with Crippen molar-refractivity contribution in [3.05, 3.63) is 60.1 Å². The zero-order valence-electron chi connectivity index (χ0n) is 14.2. The van der Waals surface area contributed by atoms with Crippen molar-refractivity contribution in [2.45, 2.75) is 25.3 Å². The lowest BCUT2D eigenvalue weighted by atomic mass is 9.93. The van der Waals surface area contributed by atoms with Gasteiger partial charge in [-0.25, -0.2) is 9.59 Å². The Morgan fingerprint density at radius 3 is 2.62 bits per heavy atom. The number of ether oxygens (including phenoxy) is 1. The van der Waals surface area contributed by atoms with Crippen molar-refractivity contribution in [1.82, 2.24) is 10.6 Å². The number of urea groups is 1. The van der Waals surface area contributed by atoms with E-state index in [1.165, 1.54) is 18.4 Å². The van der Waals surface area contributed by atoms with Crippen molar-refractivity contribution in [3.63, 3.8) is 0 Å². The summed E-state index contributed by atoms with van der Waals surface area (Å²) in [7, 11) is 0. The summed E-state index contributed by atoms with van der Waals surface area (Å²) in [5.41, 5.74) is 0.0601. The molecule has 1 atom stereocenters. The molecule has 2 heterocycles. The second-order valence-corrected chi connectivity index (χ2v) is 6.15. The first-order chi connectivity index (χ1) is 12.4. The lowest BCUT2D eigenvalue weighted by Gasteiger charge is -2.20. The van der Waals surface area contributed by atoms with E-state index < -0.39 is 17.5 Å². The molecule has 26 heavy (non-hydrogen) atoms. The number of carbonyl (C=O) groups excluding carboxylic acids is 3. The van der Waals surface area contributed by atoms with Crippen LogP contribution in [0.4, 0.5) is 4.79 Å². The topological polar surface area (TPSA) is 97.6 Å². The van der Waals surface area contributed by atoms with Gasteiger partial charge in [-0.05, 0) is 55.7 Å². The van der Waals surface area contributed by atoms with Gasteiger partial charge in [0.25, 0.3) is 5.91 Å². The Bertz CT molecular complexity index is 839. The van der Waals surface area contributed by atoms with Gasteiger partial charge in [-0.3, -0.25) is 10.1 Å². The molecule has 0 spiro atoms. The number of esters is 1. The van der Waals surface area contributed by atoms with E-state index in [4.69, 9.17) is 9.15 Å². The van der Waals surface area contributed by atoms with Gasteiger partial charge in [0.15, 0.2) is 0 Å². The van der Waals surface area contributed by atoms with Crippen molar-refractivity contribution >= 4 is 24.0 Å². The predicted molar refractivity (Wildman–Crippen MR) is 93.2 cm³/mol. The smallest absolute Gasteiger partial charge is 0.336 e. The highest BCUT2D eigenvalue weighted by Crippen LogP contribution is 2.20. The van der Waals surface area contributed by atoms with Crippen molar-refractivity contribution in [2.24, 2.45) is 0 Å². The van der Waals surface area contributed by atoms with Gasteiger partial charge in [0.1, 0.15) is 17.0 Å². The molecule has 1 aromatic carbocycles. The van der Waals surface area contributed by atoms with Crippen LogP contribution in [0.25, 0.3) is 6.08 Å². The lowest BCUT2D eigenvalue weighted by Crippen LogP contribution is -2.43. The third kappa shape index (κ3) is 4.18. The van der Waals surface area contributed by atoms with Crippen LogP contribution in [0, 0.1) is 0 Å². The Kier molecular flexibility index (Phi) is 4.88. The van der Waals surface area contributed by atoms with Crippen LogP contribution in [0.3, 0.4) is 0 Å². The Balaban J connectivity index is 1.53. The molecule has 0 saturated carbocycles. The summed E-state index contributed by atoms with van der Waals surface area (Å²) < 4.78 is 10.3. The summed E-state index contributed by atoms with van der Waals surface area (Å²) in [5, 5.41) is 4.87. The Hall–Kier alpha value is -3.35. The molecule has 0 radical (unpaired) electrons. The maximum Gasteiger partial charge on any atom is 0.336 e. The number of rotatable bonds is 6. The van der Waals surface area contributed by atoms with Crippen LogP contribution < -0.4 is 15.4 Å². The van der Waals surface area contributed by atoms with Gasteiger partial charge in [-0.2, -0.15) is 0 Å². The number of aryl methyl sites for hydroxylation is 1. The Morgan fingerprint density at radius 1 is 1.23 bits per heavy atom. The standard InChI is InChI=1S/C19H18N2O5/c1-19(17(23)20-18(24)21-19)11-10-13-4-6-15(7-5-13)26-16(22)9-8-14-3-2-12-25-14/h2-9,12H,10-11H2,1H3,(H2,20,21,23,24)/b9-8+/t19-/m0/s1. The molecule has 0 unspecified atom stereocenters. The minimum Gasteiger partial charge on any atom is -0.465 e. The van der Waals surface area contributed by atoms with Gasteiger partial charge < -0.3 is 14.5 Å². The first-order valence-corrected chi connectivity index (χ1v) is 8.10. The van der Waals surface area contributed by atoms with Gasteiger partial charge in [0, 0.05) is 6.08 Å². The molecule has 1 fully saturated rings. The highest BCUT2D eigenvalue weighted by molar-refractivity contribution is 6.06. The summed E-state index contributed by atoms with van der Waals surface area (Å²) in [6.07, 6.45) is 5.39. The van der Waals surface area contributed by atoms with Crippen LogP contribution in [0.15, 0.2) is 53.2 Å². The predicted octanol–water partition coefficient (Wildman–Crippen LogP) is 2.43. The summed E-state index contributed by atoms with van der Waals surface area (Å²) >= 11 is 0. The molecule has 7 nitrogen and oxygen atoms in total. The molecule has 2 N–H and O–H groups in total. The Labute approximate surface area is 150 Å². The highest BCUT2D eigenvalue weighted by atomic mass is 16.5. The molecule has 2 aromatic rings. The van der Waals surface area contributed by atoms with Gasteiger partial charge in [-0.15, -0.1) is 0 Å². The second-order valence-electron chi connectivity index (χ2n) is 6.15. The zero-order valence-corrected chi connectivity index (χ0v) is 14.2. The van der Waals surface area contributed by atoms with Gasteiger partial charge in [-0.1, -0.05) is 12.1 Å². The van der Waals surface area contributed by atoms with Crippen LogP contribution >= 0.6 is 0 Å². The minimum absolute atomic E-state index is 0.323. The van der Waals surface area contributed by atoms with Gasteiger partial charge in [0.05, 0.1) is 6.26 Å². The molecule has 134 valence electrons. The molecule has 1 aromatic heterocycles. The SMILES string of the molecule is C[C@@]1(CCc2ccc(OC(=O)/C=C/c3ccco3)cc2)NC(=O)NC1=O. The molecule has 7 heteroatoms. The zero-order chi connectivity index (χ0) is 18.6. The van der Waals surface area contributed by atoms with Crippen molar-refractivity contribution in [3.8, 4) is 5.75 Å². The first-order valence-electron chi connectivity index (χ1n) is 8.10. The van der Waals surface area contributed by atoms with Crippen LogP contribution in [0.1, 0.15) is 24.7 Å². The third-order valence-corrected chi connectivity index (χ3v) is 4.10. The number of carbonyl (C=O) groups is 3. The largest absolute Gasteiger partial charge is 0.465 e. The highest BCUT2D eigenvalue weighted by Gasteiger charge is 2.41. The number of nitrogens with one attached hydrogen (secondary N) is 2. The van der Waals surface area contributed by atoms with E-state index in [1.54, 1.807) is 31.2 Å². The van der Waals surface area contributed by atoms with E-state index in [-0.39, 0.29) is 5.91 Å². The van der Waals surface area contributed by atoms with Crippen molar-refractivity contribution < 1.29 is 23.5 Å². The van der Waals surface area contributed by atoms with Crippen molar-refractivity contribution in [2.75, 3.05) is 0 Å². The van der Waals surface area contributed by atoms with Crippen molar-refractivity contribution in [1.29, 1.82) is 0 Å². The minimum atomic E-state index is -0.904. The molecule has 0 aliphatic carbocycles. The van der Waals surface area contributed by atoms with E-state index in [2.05, 4.69) is 10.6 Å². The fourth-order valence-corrected chi connectivity index (χ4v) is 2.56. The lowest BCUT2D eigenvalue weighted by molar-refractivity contribution is -0.129. The molecular formula is C19H18N2O5. The quantitative estimate of drug-likeness (QED) is 0.359. The van der Waals surface area contributed by atoms with Crippen LogP contribution in [-0.2, 0) is 16.0 Å². The molecular weight excluding hydrogens is 336 g/mol. The van der Waals surface area contributed by atoms with E-state index >= 15 is 0 Å². The van der Waals surface area contributed by atoms with E-state index in [0.29, 0.717) is 24.4 Å². The fourth-order valence-electron chi connectivity index (χ4n) is 2.56. The molecule has 0 bridgehead atoms.